The molecule has 1 aromatic heterocycles. The van der Waals surface area contributed by atoms with Gasteiger partial charge in [-0.25, -0.2) is 0 Å². The Morgan fingerprint density at radius 2 is 1.79 bits per heavy atom. The number of benzene rings is 2. The molecule has 3 aromatic rings. The summed E-state index contributed by atoms with van der Waals surface area (Å²) in [6.07, 6.45) is 0. The number of halogens is 1. The molecule has 0 N–H and O–H groups in total. The smallest absolute Gasteiger partial charge is 0.282 e. The van der Waals surface area contributed by atoms with Crippen LogP contribution in [-0.2, 0) is 0 Å². The molecule has 2 aromatic carbocycles. The van der Waals surface area contributed by atoms with Crippen LogP contribution in [0.25, 0.3) is 11.3 Å². The third-order valence-electron chi connectivity index (χ3n) is 3.11. The van der Waals surface area contributed by atoms with Gasteiger partial charge in [0, 0.05) is 33.7 Å². The predicted molar refractivity (Wildman–Crippen MR) is 90.0 cm³/mol. The van der Waals surface area contributed by atoms with Gasteiger partial charge in [0.05, 0.1) is 4.92 Å². The molecule has 1 heterocycles. The third kappa shape index (κ3) is 3.58. The Balaban J connectivity index is 1.85. The Labute approximate surface area is 144 Å². The van der Waals surface area contributed by atoms with Crippen molar-refractivity contribution in [2.24, 2.45) is 4.99 Å². The zero-order valence-electron chi connectivity index (χ0n) is 12.0. The van der Waals surface area contributed by atoms with Gasteiger partial charge in [0.1, 0.15) is 5.76 Å². The van der Waals surface area contributed by atoms with E-state index in [1.807, 2.05) is 0 Å². The fourth-order valence-corrected chi connectivity index (χ4v) is 2.70. The van der Waals surface area contributed by atoms with E-state index in [0.29, 0.717) is 21.9 Å². The van der Waals surface area contributed by atoms with E-state index in [1.165, 1.54) is 23.5 Å². The second-order valence-electron chi connectivity index (χ2n) is 4.70. The van der Waals surface area contributed by atoms with E-state index in [-0.39, 0.29) is 10.6 Å². The predicted octanol–water partition coefficient (Wildman–Crippen LogP) is 4.31. The molecule has 0 aliphatic heterocycles. The fraction of sp³-hybridized carbons (Fsp3) is 0. The summed E-state index contributed by atoms with van der Waals surface area (Å²) < 4.78 is 5.52. The summed E-state index contributed by atoms with van der Waals surface area (Å²) in [5.74, 6) is 0.0464. The van der Waals surface area contributed by atoms with Crippen LogP contribution in [0.2, 0.25) is 5.02 Å². The second-order valence-corrected chi connectivity index (χ2v) is 5.95. The van der Waals surface area contributed by atoms with Crippen molar-refractivity contribution < 1.29 is 14.1 Å². The lowest BCUT2D eigenvalue weighted by Crippen LogP contribution is -2.01. The standard InChI is InChI=1S/C16H9ClN2O4S/c17-12-5-1-11(2-6-12)15(20)18-16-23-14(9-24-16)10-3-7-13(8-4-10)19(21)22/h1-9H. The Kier molecular flexibility index (Phi) is 4.54. The molecule has 3 rings (SSSR count). The maximum absolute atomic E-state index is 12.1. The van der Waals surface area contributed by atoms with Crippen molar-refractivity contribution >= 4 is 34.5 Å². The fourth-order valence-electron chi connectivity index (χ4n) is 1.91. The van der Waals surface area contributed by atoms with Gasteiger partial charge in [-0.1, -0.05) is 22.9 Å². The van der Waals surface area contributed by atoms with Crippen molar-refractivity contribution in [2.45, 2.75) is 0 Å². The van der Waals surface area contributed by atoms with Crippen molar-refractivity contribution in [3.8, 4) is 11.3 Å². The minimum absolute atomic E-state index is 0.00296. The molecule has 0 unspecified atom stereocenters. The van der Waals surface area contributed by atoms with E-state index in [2.05, 4.69) is 4.99 Å². The first-order valence-corrected chi connectivity index (χ1v) is 7.97. The van der Waals surface area contributed by atoms with Gasteiger partial charge in [-0.3, -0.25) is 14.9 Å². The summed E-state index contributed by atoms with van der Waals surface area (Å²) >= 11 is 6.94. The summed E-state index contributed by atoms with van der Waals surface area (Å²) in [5.41, 5.74) is 1.06. The van der Waals surface area contributed by atoms with E-state index in [0.717, 1.165) is 0 Å². The molecule has 0 aliphatic carbocycles. The van der Waals surface area contributed by atoms with Gasteiger partial charge in [-0.15, -0.1) is 0 Å². The van der Waals surface area contributed by atoms with Crippen molar-refractivity contribution in [3.63, 3.8) is 0 Å². The lowest BCUT2D eigenvalue weighted by molar-refractivity contribution is -0.384. The van der Waals surface area contributed by atoms with Crippen LogP contribution in [0.3, 0.4) is 0 Å². The second kappa shape index (κ2) is 6.77. The summed E-state index contributed by atoms with van der Waals surface area (Å²) in [7, 11) is 0. The Morgan fingerprint density at radius 3 is 2.42 bits per heavy atom. The van der Waals surface area contributed by atoms with E-state index in [9.17, 15) is 14.9 Å². The molecule has 0 aliphatic rings. The number of hydrogen-bond acceptors (Lipinski definition) is 5. The minimum atomic E-state index is -0.472. The van der Waals surface area contributed by atoms with Gasteiger partial charge < -0.3 is 4.42 Å². The van der Waals surface area contributed by atoms with Gasteiger partial charge in [0.25, 0.3) is 16.5 Å². The minimum Gasteiger partial charge on any atom is -0.429 e. The van der Waals surface area contributed by atoms with Crippen LogP contribution < -0.4 is 4.87 Å². The monoisotopic (exact) mass is 360 g/mol. The Morgan fingerprint density at radius 1 is 1.12 bits per heavy atom. The molecule has 24 heavy (non-hydrogen) atoms. The molecule has 0 spiro atoms. The van der Waals surface area contributed by atoms with Crippen molar-refractivity contribution in [3.05, 3.63) is 79.5 Å². The summed E-state index contributed by atoms with van der Waals surface area (Å²) in [6, 6.07) is 12.3. The molecule has 0 saturated heterocycles. The molecular formula is C16H9ClN2O4S. The maximum atomic E-state index is 12.1. The number of nitro groups is 1. The zero-order valence-corrected chi connectivity index (χ0v) is 13.6. The van der Waals surface area contributed by atoms with Crippen LogP contribution in [-0.4, -0.2) is 10.8 Å². The number of hydrogen-bond donors (Lipinski definition) is 0. The van der Waals surface area contributed by atoms with Crippen LogP contribution in [0.5, 0.6) is 0 Å². The summed E-state index contributed by atoms with van der Waals surface area (Å²) in [5, 5.41) is 12.9. The first-order valence-electron chi connectivity index (χ1n) is 6.71. The quantitative estimate of drug-likeness (QED) is 0.514. The molecular weight excluding hydrogens is 352 g/mol. The maximum Gasteiger partial charge on any atom is 0.282 e. The van der Waals surface area contributed by atoms with Crippen LogP contribution in [0.4, 0.5) is 5.69 Å². The van der Waals surface area contributed by atoms with E-state index in [1.54, 1.807) is 41.8 Å². The topological polar surface area (TPSA) is 85.7 Å². The van der Waals surface area contributed by atoms with Gasteiger partial charge >= 0.3 is 0 Å². The molecule has 6 nitrogen and oxygen atoms in total. The molecule has 0 bridgehead atoms. The van der Waals surface area contributed by atoms with Crippen molar-refractivity contribution in [1.29, 1.82) is 0 Å². The SMILES string of the molecule is O=C(N=c1oc(-c2ccc([N+](=O)[O-])cc2)cs1)c1ccc(Cl)cc1. The lowest BCUT2D eigenvalue weighted by Gasteiger charge is -1.95. The van der Waals surface area contributed by atoms with Crippen LogP contribution in [0.1, 0.15) is 10.4 Å². The zero-order chi connectivity index (χ0) is 17.1. The van der Waals surface area contributed by atoms with Crippen LogP contribution in [0.15, 0.2) is 63.3 Å². The third-order valence-corrected chi connectivity index (χ3v) is 4.07. The highest BCUT2D eigenvalue weighted by atomic mass is 35.5. The number of nitro benzene ring substituents is 1. The Hall–Kier alpha value is -2.77. The van der Waals surface area contributed by atoms with Gasteiger partial charge in [0.2, 0.25) is 0 Å². The lowest BCUT2D eigenvalue weighted by atomic mass is 10.2. The van der Waals surface area contributed by atoms with Gasteiger partial charge in [-0.2, -0.15) is 4.99 Å². The Bertz CT molecular complexity index is 959. The molecule has 8 heteroatoms. The average Bonchev–Trinajstić information content (AvgIpc) is 3.04. The summed E-state index contributed by atoms with van der Waals surface area (Å²) in [6.45, 7) is 0. The van der Waals surface area contributed by atoms with E-state index < -0.39 is 10.8 Å². The van der Waals surface area contributed by atoms with Gasteiger partial charge in [-0.05, 0) is 36.4 Å². The first-order chi connectivity index (χ1) is 11.5. The highest BCUT2D eigenvalue weighted by Crippen LogP contribution is 2.22. The van der Waals surface area contributed by atoms with Crippen LogP contribution in [0, 0.1) is 10.1 Å². The van der Waals surface area contributed by atoms with E-state index >= 15 is 0 Å². The molecule has 1 amide bonds. The van der Waals surface area contributed by atoms with Crippen LogP contribution >= 0.6 is 22.9 Å². The van der Waals surface area contributed by atoms with E-state index in [4.69, 9.17) is 16.0 Å². The molecule has 0 radical (unpaired) electrons. The number of non-ortho nitro benzene ring substituents is 1. The highest BCUT2D eigenvalue weighted by Gasteiger charge is 2.09. The number of carbonyl (C=O) groups excluding carboxylic acids is 1. The normalized spacial score (nSPS) is 11.5. The average molecular weight is 361 g/mol. The largest absolute Gasteiger partial charge is 0.429 e. The summed E-state index contributed by atoms with van der Waals surface area (Å²) in [4.78, 5) is 26.3. The van der Waals surface area contributed by atoms with Crippen molar-refractivity contribution in [2.75, 3.05) is 0 Å². The molecule has 120 valence electrons. The molecule has 0 atom stereocenters. The van der Waals surface area contributed by atoms with Gasteiger partial charge in [0.15, 0.2) is 0 Å². The highest BCUT2D eigenvalue weighted by molar-refractivity contribution is 7.07. The number of carbonyl (C=O) groups is 1. The number of nitrogens with zero attached hydrogens (tertiary/aromatic N) is 2. The number of rotatable bonds is 3. The van der Waals surface area contributed by atoms with Crippen molar-refractivity contribution in [1.82, 2.24) is 0 Å². The molecule has 0 saturated carbocycles. The molecule has 0 fully saturated rings. The first kappa shape index (κ1) is 16.1. The number of amides is 1.